The summed E-state index contributed by atoms with van der Waals surface area (Å²) in [4.78, 5) is 0. The number of hydrogen-bond donors (Lipinski definition) is 1. The van der Waals surface area contributed by atoms with Crippen LogP contribution in [0.25, 0.3) is 0 Å². The zero-order chi connectivity index (χ0) is 13.9. The van der Waals surface area contributed by atoms with Crippen LogP contribution in [0, 0.1) is 0 Å². The van der Waals surface area contributed by atoms with Gasteiger partial charge >= 0.3 is 6.18 Å². The molecule has 0 aliphatic heterocycles. The van der Waals surface area contributed by atoms with Gasteiger partial charge in [-0.1, -0.05) is 18.2 Å². The van der Waals surface area contributed by atoms with Gasteiger partial charge in [-0.25, -0.2) is 0 Å². The predicted octanol–water partition coefficient (Wildman–Crippen LogP) is 3.06. The minimum Gasteiger partial charge on any atom is -0.311 e. The van der Waals surface area contributed by atoms with E-state index in [2.05, 4.69) is 14.1 Å². The van der Waals surface area contributed by atoms with E-state index in [1.54, 1.807) is 19.3 Å². The van der Waals surface area contributed by atoms with E-state index in [0.717, 1.165) is 23.5 Å². The second-order valence-electron chi connectivity index (χ2n) is 4.08. The highest BCUT2D eigenvalue weighted by molar-refractivity contribution is 6.99. The molecule has 0 radical (unpaired) electrons. The SMILES string of the molecule is CNC(Cc1cccc(C(F)(F)F)c1)c1cnsn1. The van der Waals surface area contributed by atoms with Crippen LogP contribution >= 0.6 is 11.7 Å². The maximum Gasteiger partial charge on any atom is 0.416 e. The molecule has 0 spiro atoms. The van der Waals surface area contributed by atoms with Crippen LogP contribution in [-0.4, -0.2) is 15.8 Å². The lowest BCUT2D eigenvalue weighted by Crippen LogP contribution is -2.19. The summed E-state index contributed by atoms with van der Waals surface area (Å²) in [6, 6.07) is 5.21. The Balaban J connectivity index is 2.19. The highest BCUT2D eigenvalue weighted by Crippen LogP contribution is 2.30. The van der Waals surface area contributed by atoms with Crippen molar-refractivity contribution < 1.29 is 13.2 Å². The van der Waals surface area contributed by atoms with Crippen molar-refractivity contribution in [2.45, 2.75) is 18.6 Å². The number of halogens is 3. The Kier molecular flexibility index (Phi) is 4.16. The Labute approximate surface area is 112 Å². The molecule has 0 amide bonds. The Bertz CT molecular complexity index is 525. The summed E-state index contributed by atoms with van der Waals surface area (Å²) >= 11 is 1.08. The second kappa shape index (κ2) is 5.66. The molecule has 1 N–H and O–H groups in total. The summed E-state index contributed by atoms with van der Waals surface area (Å²) in [5.41, 5.74) is 0.725. The lowest BCUT2D eigenvalue weighted by atomic mass is 10.0. The zero-order valence-electron chi connectivity index (χ0n) is 10.1. The van der Waals surface area contributed by atoms with Gasteiger partial charge in [0.15, 0.2) is 0 Å². The van der Waals surface area contributed by atoms with Crippen molar-refractivity contribution in [3.8, 4) is 0 Å². The second-order valence-corrected chi connectivity index (χ2v) is 4.63. The molecular weight excluding hydrogens is 275 g/mol. The predicted molar refractivity (Wildman–Crippen MR) is 66.9 cm³/mol. The van der Waals surface area contributed by atoms with Gasteiger partial charge in [-0.15, -0.1) is 0 Å². The number of alkyl halides is 3. The number of nitrogens with zero attached hydrogens (tertiary/aromatic N) is 2. The Morgan fingerprint density at radius 1 is 1.37 bits per heavy atom. The van der Waals surface area contributed by atoms with E-state index >= 15 is 0 Å². The van der Waals surface area contributed by atoms with E-state index < -0.39 is 11.7 Å². The first-order valence-electron chi connectivity index (χ1n) is 5.61. The maximum atomic E-state index is 12.6. The average Bonchev–Trinajstić information content (AvgIpc) is 2.89. The van der Waals surface area contributed by atoms with Crippen molar-refractivity contribution in [2.24, 2.45) is 0 Å². The van der Waals surface area contributed by atoms with Crippen molar-refractivity contribution >= 4 is 11.7 Å². The van der Waals surface area contributed by atoms with Crippen LogP contribution in [0.5, 0.6) is 0 Å². The first-order chi connectivity index (χ1) is 9.00. The van der Waals surface area contributed by atoms with Gasteiger partial charge in [-0.05, 0) is 25.1 Å². The van der Waals surface area contributed by atoms with Crippen LogP contribution in [0.4, 0.5) is 13.2 Å². The number of aromatic nitrogens is 2. The molecule has 1 unspecified atom stereocenters. The van der Waals surface area contributed by atoms with Crippen LogP contribution < -0.4 is 5.32 Å². The molecule has 0 saturated heterocycles. The van der Waals surface area contributed by atoms with Gasteiger partial charge in [0, 0.05) is 0 Å². The van der Waals surface area contributed by atoms with Crippen molar-refractivity contribution in [1.82, 2.24) is 14.1 Å². The van der Waals surface area contributed by atoms with Crippen LogP contribution in [0.15, 0.2) is 30.5 Å². The molecule has 0 bridgehead atoms. The molecule has 1 aromatic heterocycles. The molecular formula is C12H12F3N3S. The number of likely N-dealkylation sites (N-methyl/N-ethyl adjacent to an activating group) is 1. The van der Waals surface area contributed by atoms with Gasteiger partial charge in [-0.2, -0.15) is 21.9 Å². The van der Waals surface area contributed by atoms with Crippen molar-refractivity contribution in [2.75, 3.05) is 7.05 Å². The van der Waals surface area contributed by atoms with Gasteiger partial charge in [-0.3, -0.25) is 0 Å². The van der Waals surface area contributed by atoms with E-state index in [9.17, 15) is 13.2 Å². The van der Waals surface area contributed by atoms with E-state index in [4.69, 9.17) is 0 Å². The summed E-state index contributed by atoms with van der Waals surface area (Å²) < 4.78 is 45.9. The van der Waals surface area contributed by atoms with Crippen LogP contribution in [-0.2, 0) is 12.6 Å². The highest BCUT2D eigenvalue weighted by atomic mass is 32.1. The Morgan fingerprint density at radius 3 is 2.74 bits per heavy atom. The van der Waals surface area contributed by atoms with Gasteiger partial charge in [0.2, 0.25) is 0 Å². The molecule has 2 aromatic rings. The fourth-order valence-corrected chi connectivity index (χ4v) is 2.26. The van der Waals surface area contributed by atoms with Gasteiger partial charge in [0.25, 0.3) is 0 Å². The molecule has 1 atom stereocenters. The third-order valence-electron chi connectivity index (χ3n) is 2.78. The van der Waals surface area contributed by atoms with Crippen molar-refractivity contribution in [3.63, 3.8) is 0 Å². The summed E-state index contributed by atoms with van der Waals surface area (Å²) in [6.45, 7) is 0. The third kappa shape index (κ3) is 3.51. The summed E-state index contributed by atoms with van der Waals surface area (Å²) in [5.74, 6) is 0. The molecule has 0 aliphatic rings. The quantitative estimate of drug-likeness (QED) is 0.939. The zero-order valence-corrected chi connectivity index (χ0v) is 10.9. The fourth-order valence-electron chi connectivity index (χ4n) is 1.79. The fraction of sp³-hybridized carbons (Fsp3) is 0.333. The first-order valence-corrected chi connectivity index (χ1v) is 6.34. The minimum absolute atomic E-state index is 0.137. The van der Waals surface area contributed by atoms with Gasteiger partial charge < -0.3 is 5.32 Å². The molecule has 1 heterocycles. The first kappa shape index (κ1) is 14.0. The molecule has 2 rings (SSSR count). The standard InChI is InChI=1S/C12H12F3N3S/c1-16-10(11-7-17-19-18-11)6-8-3-2-4-9(5-8)12(13,14)15/h2-5,7,10,16H,6H2,1H3. The van der Waals surface area contributed by atoms with Crippen LogP contribution in [0.3, 0.4) is 0 Å². The Morgan fingerprint density at radius 2 is 2.16 bits per heavy atom. The summed E-state index contributed by atoms with van der Waals surface area (Å²) in [5, 5.41) is 3.03. The van der Waals surface area contributed by atoms with Crippen LogP contribution in [0.1, 0.15) is 22.9 Å². The monoisotopic (exact) mass is 287 g/mol. The van der Waals surface area contributed by atoms with E-state index in [1.807, 2.05) is 0 Å². The van der Waals surface area contributed by atoms with Crippen molar-refractivity contribution in [1.29, 1.82) is 0 Å². The molecule has 3 nitrogen and oxygen atoms in total. The minimum atomic E-state index is -4.31. The smallest absolute Gasteiger partial charge is 0.311 e. The molecule has 0 fully saturated rings. The molecule has 0 aliphatic carbocycles. The molecule has 102 valence electrons. The normalized spacial score (nSPS) is 13.5. The third-order valence-corrected chi connectivity index (χ3v) is 3.27. The average molecular weight is 287 g/mol. The largest absolute Gasteiger partial charge is 0.416 e. The molecule has 1 aromatic carbocycles. The lowest BCUT2D eigenvalue weighted by Gasteiger charge is -2.14. The number of nitrogens with one attached hydrogen (secondary N) is 1. The number of rotatable bonds is 4. The lowest BCUT2D eigenvalue weighted by molar-refractivity contribution is -0.137. The van der Waals surface area contributed by atoms with E-state index in [1.165, 1.54) is 12.1 Å². The number of benzene rings is 1. The van der Waals surface area contributed by atoms with E-state index in [-0.39, 0.29) is 6.04 Å². The maximum absolute atomic E-state index is 12.6. The summed E-state index contributed by atoms with van der Waals surface area (Å²) in [7, 11) is 1.75. The molecule has 19 heavy (non-hydrogen) atoms. The Hall–Kier alpha value is -1.47. The topological polar surface area (TPSA) is 37.8 Å². The van der Waals surface area contributed by atoms with Crippen molar-refractivity contribution in [3.05, 3.63) is 47.3 Å². The highest BCUT2D eigenvalue weighted by Gasteiger charge is 2.30. The number of hydrogen-bond acceptors (Lipinski definition) is 4. The van der Waals surface area contributed by atoms with Crippen LogP contribution in [0.2, 0.25) is 0 Å². The van der Waals surface area contributed by atoms with E-state index in [0.29, 0.717) is 12.0 Å². The van der Waals surface area contributed by atoms with Gasteiger partial charge in [0.05, 0.1) is 35.2 Å². The van der Waals surface area contributed by atoms with Gasteiger partial charge in [0.1, 0.15) is 0 Å². The molecule has 0 saturated carbocycles. The summed E-state index contributed by atoms with van der Waals surface area (Å²) in [6.07, 6.45) is -2.25. The molecule has 7 heteroatoms.